The summed E-state index contributed by atoms with van der Waals surface area (Å²) in [6.07, 6.45) is 1.43. The van der Waals surface area contributed by atoms with Crippen LogP contribution < -0.4 is 4.74 Å². The molecular weight excluding hydrogens is 300 g/mol. The van der Waals surface area contributed by atoms with Gasteiger partial charge in [-0.3, -0.25) is 0 Å². The van der Waals surface area contributed by atoms with E-state index in [1.165, 1.54) is 0 Å². The minimum Gasteiger partial charge on any atom is -0.490 e. The third-order valence-corrected chi connectivity index (χ3v) is 3.55. The second kappa shape index (κ2) is 6.68. The van der Waals surface area contributed by atoms with Crippen LogP contribution in [0.25, 0.3) is 0 Å². The molecule has 0 radical (unpaired) electrons. The summed E-state index contributed by atoms with van der Waals surface area (Å²) in [5.41, 5.74) is 0. The molecule has 0 aliphatic heterocycles. The van der Waals surface area contributed by atoms with Gasteiger partial charge in [-0.15, -0.1) is 0 Å². The summed E-state index contributed by atoms with van der Waals surface area (Å²) >= 11 is 0. The first-order chi connectivity index (χ1) is 8.88. The average Bonchev–Trinajstić information content (AvgIpc) is 2.32. The summed E-state index contributed by atoms with van der Waals surface area (Å²) in [5, 5.41) is 8.30. The van der Waals surface area contributed by atoms with Crippen molar-refractivity contribution in [2.24, 2.45) is 0 Å². The highest BCUT2D eigenvalue weighted by Gasteiger charge is 2.22. The summed E-state index contributed by atoms with van der Waals surface area (Å²) in [4.78, 5) is -0.927. The summed E-state index contributed by atoms with van der Waals surface area (Å²) in [5.74, 6) is -3.36. The largest absolute Gasteiger partial charge is 0.490 e. The fraction of sp³-hybridized carbons (Fsp3) is 0.364. The fourth-order valence-electron chi connectivity index (χ4n) is 1.30. The van der Waals surface area contributed by atoms with Gasteiger partial charge in [0.05, 0.1) is 12.7 Å². The summed E-state index contributed by atoms with van der Waals surface area (Å²) in [6, 6.07) is 3.78. The first-order valence-corrected chi connectivity index (χ1v) is 7.61. The Morgan fingerprint density at radius 1 is 1.26 bits per heavy atom. The van der Waals surface area contributed by atoms with E-state index >= 15 is 0 Å². The number of hydrogen-bond donors (Lipinski definition) is 0. The highest BCUT2D eigenvalue weighted by molar-refractivity contribution is 8.13. The van der Waals surface area contributed by atoms with Crippen molar-refractivity contribution in [1.82, 2.24) is 0 Å². The first-order valence-electron chi connectivity index (χ1n) is 5.30. The van der Waals surface area contributed by atoms with Crippen LogP contribution in [0.2, 0.25) is 0 Å². The van der Waals surface area contributed by atoms with Gasteiger partial charge in [-0.25, -0.2) is 12.8 Å². The van der Waals surface area contributed by atoms with Gasteiger partial charge in [0.25, 0.3) is 9.05 Å². The summed E-state index contributed by atoms with van der Waals surface area (Å²) < 4.78 is 53.8. The highest BCUT2D eigenvalue weighted by Crippen LogP contribution is 2.27. The number of ether oxygens (including phenoxy) is 1. The van der Waals surface area contributed by atoms with Crippen molar-refractivity contribution in [2.45, 2.75) is 24.2 Å². The average molecular weight is 310 g/mol. The van der Waals surface area contributed by atoms with E-state index in [4.69, 9.17) is 20.7 Å². The SMILES string of the molecule is N#CCCCCOc1ccc(S(=O)(=O)Cl)c(F)c1F. The van der Waals surface area contributed by atoms with Crippen LogP contribution in [0.4, 0.5) is 8.78 Å². The standard InChI is InChI=1S/C11H10ClF2NO3S/c12-19(16,17)9-5-4-8(10(13)11(9)14)18-7-3-1-2-6-15/h4-5H,1-3,7H2. The Morgan fingerprint density at radius 3 is 2.53 bits per heavy atom. The van der Waals surface area contributed by atoms with Gasteiger partial charge in [0.2, 0.25) is 5.82 Å². The molecule has 0 aromatic heterocycles. The quantitative estimate of drug-likeness (QED) is 0.598. The van der Waals surface area contributed by atoms with Gasteiger partial charge in [0, 0.05) is 17.1 Å². The zero-order valence-electron chi connectivity index (χ0n) is 9.70. The van der Waals surface area contributed by atoms with Gasteiger partial charge in [-0.1, -0.05) is 0 Å². The number of nitriles is 1. The van der Waals surface area contributed by atoms with E-state index < -0.39 is 31.3 Å². The topological polar surface area (TPSA) is 67.2 Å². The number of halogens is 3. The maximum Gasteiger partial charge on any atom is 0.264 e. The van der Waals surface area contributed by atoms with E-state index in [-0.39, 0.29) is 6.61 Å². The van der Waals surface area contributed by atoms with Crippen LogP contribution in [0.1, 0.15) is 19.3 Å². The lowest BCUT2D eigenvalue weighted by Crippen LogP contribution is -2.04. The Bertz CT molecular complexity index is 599. The van der Waals surface area contributed by atoms with Crippen LogP contribution in [0, 0.1) is 23.0 Å². The molecule has 1 aromatic carbocycles. The number of hydrogen-bond acceptors (Lipinski definition) is 4. The molecule has 0 aliphatic rings. The van der Waals surface area contributed by atoms with Crippen molar-refractivity contribution in [1.29, 1.82) is 5.26 Å². The molecule has 0 fully saturated rings. The molecule has 0 N–H and O–H groups in total. The van der Waals surface area contributed by atoms with E-state index in [0.717, 1.165) is 12.1 Å². The molecule has 0 unspecified atom stereocenters. The molecule has 104 valence electrons. The summed E-state index contributed by atoms with van der Waals surface area (Å²) in [7, 11) is 0.604. The Kier molecular flexibility index (Phi) is 5.51. The van der Waals surface area contributed by atoms with Crippen molar-refractivity contribution in [2.75, 3.05) is 6.61 Å². The molecule has 8 heteroatoms. The van der Waals surface area contributed by atoms with Crippen molar-refractivity contribution in [3.63, 3.8) is 0 Å². The van der Waals surface area contributed by atoms with E-state index in [1.54, 1.807) is 0 Å². The van der Waals surface area contributed by atoms with Gasteiger partial charge >= 0.3 is 0 Å². The van der Waals surface area contributed by atoms with Crippen molar-refractivity contribution < 1.29 is 21.9 Å². The molecule has 0 amide bonds. The van der Waals surface area contributed by atoms with E-state index in [9.17, 15) is 17.2 Å². The lowest BCUT2D eigenvalue weighted by molar-refractivity contribution is 0.286. The van der Waals surface area contributed by atoms with E-state index in [2.05, 4.69) is 0 Å². The zero-order valence-corrected chi connectivity index (χ0v) is 11.3. The van der Waals surface area contributed by atoms with Crippen molar-refractivity contribution >= 4 is 19.7 Å². The minimum atomic E-state index is -4.34. The fourth-order valence-corrected chi connectivity index (χ4v) is 2.19. The second-order valence-corrected chi connectivity index (χ2v) is 6.13. The lowest BCUT2D eigenvalue weighted by Gasteiger charge is -2.08. The number of unbranched alkanes of at least 4 members (excludes halogenated alkanes) is 2. The van der Waals surface area contributed by atoms with Gasteiger partial charge in [-0.2, -0.15) is 9.65 Å². The number of benzene rings is 1. The van der Waals surface area contributed by atoms with E-state index in [1.807, 2.05) is 6.07 Å². The number of rotatable bonds is 6. The molecule has 0 bridgehead atoms. The molecule has 0 atom stereocenters. The van der Waals surface area contributed by atoms with Crippen molar-refractivity contribution in [3.05, 3.63) is 23.8 Å². The van der Waals surface area contributed by atoms with Crippen LogP contribution in [0.15, 0.2) is 17.0 Å². The van der Waals surface area contributed by atoms with Crippen LogP contribution in [0.5, 0.6) is 5.75 Å². The molecule has 0 saturated heterocycles. The normalized spacial score (nSPS) is 11.1. The van der Waals surface area contributed by atoms with Crippen LogP contribution in [-0.4, -0.2) is 15.0 Å². The van der Waals surface area contributed by atoms with Crippen LogP contribution in [0.3, 0.4) is 0 Å². The summed E-state index contributed by atoms with van der Waals surface area (Å²) in [6.45, 7) is 0.102. The molecule has 0 saturated carbocycles. The maximum absolute atomic E-state index is 13.5. The van der Waals surface area contributed by atoms with Gasteiger partial charge in [0.1, 0.15) is 4.90 Å². The minimum absolute atomic E-state index is 0.102. The predicted molar refractivity (Wildman–Crippen MR) is 64.4 cm³/mol. The first kappa shape index (κ1) is 15.7. The molecule has 4 nitrogen and oxygen atoms in total. The van der Waals surface area contributed by atoms with Gasteiger partial charge in [-0.05, 0) is 25.0 Å². The molecule has 1 aromatic rings. The van der Waals surface area contributed by atoms with Crippen molar-refractivity contribution in [3.8, 4) is 11.8 Å². The monoisotopic (exact) mass is 309 g/mol. The molecule has 0 aliphatic carbocycles. The molecule has 0 heterocycles. The number of nitrogens with zero attached hydrogens (tertiary/aromatic N) is 1. The smallest absolute Gasteiger partial charge is 0.264 e. The third kappa shape index (κ3) is 4.33. The second-order valence-electron chi connectivity index (χ2n) is 3.59. The van der Waals surface area contributed by atoms with Crippen LogP contribution in [-0.2, 0) is 9.05 Å². The molecule has 19 heavy (non-hydrogen) atoms. The molecule has 1 rings (SSSR count). The Hall–Kier alpha value is -1.39. The Morgan fingerprint density at radius 2 is 1.95 bits per heavy atom. The van der Waals surface area contributed by atoms with Gasteiger partial charge < -0.3 is 4.74 Å². The lowest BCUT2D eigenvalue weighted by atomic mass is 10.2. The zero-order chi connectivity index (χ0) is 14.5. The third-order valence-electron chi connectivity index (χ3n) is 2.21. The van der Waals surface area contributed by atoms with E-state index in [0.29, 0.717) is 19.3 Å². The predicted octanol–water partition coefficient (Wildman–Crippen LogP) is 2.96. The molecular formula is C11H10ClF2NO3S. The maximum atomic E-state index is 13.5. The highest BCUT2D eigenvalue weighted by atomic mass is 35.7. The van der Waals surface area contributed by atoms with Gasteiger partial charge in [0.15, 0.2) is 11.6 Å². The Labute approximate surface area is 114 Å². The Balaban J connectivity index is 2.78. The van der Waals surface area contributed by atoms with Crippen LogP contribution >= 0.6 is 10.7 Å². The molecule has 0 spiro atoms.